The zero-order valence-corrected chi connectivity index (χ0v) is 11.8. The largest absolute Gasteiger partial charge is 0.465 e. The summed E-state index contributed by atoms with van der Waals surface area (Å²) >= 11 is 0. The van der Waals surface area contributed by atoms with Crippen LogP contribution >= 0.6 is 0 Å². The number of ether oxygens (including phenoxy) is 1. The molecule has 0 bridgehead atoms. The van der Waals surface area contributed by atoms with Crippen LogP contribution in [0.3, 0.4) is 0 Å². The van der Waals surface area contributed by atoms with E-state index >= 15 is 0 Å². The molecule has 0 aliphatic rings. The van der Waals surface area contributed by atoms with Crippen molar-refractivity contribution >= 4 is 17.6 Å². The Morgan fingerprint density at radius 3 is 2.52 bits per heavy atom. The van der Waals surface area contributed by atoms with Gasteiger partial charge in [-0.05, 0) is 17.7 Å². The second-order valence-corrected chi connectivity index (χ2v) is 4.48. The van der Waals surface area contributed by atoms with Gasteiger partial charge in [0, 0.05) is 19.8 Å². The van der Waals surface area contributed by atoms with Crippen molar-refractivity contribution in [2.75, 3.05) is 12.8 Å². The third-order valence-corrected chi connectivity index (χ3v) is 2.90. The van der Waals surface area contributed by atoms with Gasteiger partial charge in [-0.15, -0.1) is 0 Å². The van der Waals surface area contributed by atoms with Crippen LogP contribution < -0.4 is 11.1 Å². The molecule has 0 spiro atoms. The van der Waals surface area contributed by atoms with Crippen LogP contribution in [0.4, 0.5) is 5.69 Å². The van der Waals surface area contributed by atoms with Crippen molar-refractivity contribution in [1.82, 2.24) is 15.1 Å². The highest BCUT2D eigenvalue weighted by molar-refractivity contribution is 5.97. The lowest BCUT2D eigenvalue weighted by molar-refractivity contribution is 0.0600. The molecule has 1 amide bonds. The summed E-state index contributed by atoms with van der Waals surface area (Å²) in [7, 11) is 3.02. The third kappa shape index (κ3) is 3.38. The van der Waals surface area contributed by atoms with Crippen LogP contribution in [0.1, 0.15) is 26.4 Å². The number of esters is 1. The molecule has 1 heterocycles. The number of rotatable bonds is 4. The van der Waals surface area contributed by atoms with E-state index in [1.54, 1.807) is 37.5 Å². The number of hydrogen-bond donors (Lipinski definition) is 2. The molecule has 7 heteroatoms. The first kappa shape index (κ1) is 14.6. The molecule has 0 unspecified atom stereocenters. The predicted octanol–water partition coefficient (Wildman–Crippen LogP) is 0.719. The Balaban J connectivity index is 1.98. The predicted molar refractivity (Wildman–Crippen MR) is 76.6 cm³/mol. The number of aromatic nitrogens is 2. The van der Waals surface area contributed by atoms with Gasteiger partial charge in [0.1, 0.15) is 0 Å². The fraction of sp³-hybridized carbons (Fsp3) is 0.214. The summed E-state index contributed by atoms with van der Waals surface area (Å²) in [6.45, 7) is 0.316. The first-order chi connectivity index (χ1) is 10.0. The molecule has 0 fully saturated rings. The molecular weight excluding hydrogens is 272 g/mol. The first-order valence-electron chi connectivity index (χ1n) is 6.26. The van der Waals surface area contributed by atoms with Crippen LogP contribution in [0.15, 0.2) is 30.5 Å². The minimum absolute atomic E-state index is 0.198. The van der Waals surface area contributed by atoms with Crippen molar-refractivity contribution in [3.05, 3.63) is 47.3 Å². The Kier molecular flexibility index (Phi) is 4.22. The van der Waals surface area contributed by atoms with Gasteiger partial charge in [0.25, 0.3) is 5.91 Å². The Bertz CT molecular complexity index is 661. The standard InChI is InChI=1S/C14H16N4O3/c1-18-8-11(15)12(17-18)13(19)16-7-9-3-5-10(6-4-9)14(20)21-2/h3-6,8H,7,15H2,1-2H3,(H,16,19). The van der Waals surface area contributed by atoms with Gasteiger partial charge in [0.2, 0.25) is 0 Å². The maximum absolute atomic E-state index is 11.9. The molecule has 1 aromatic carbocycles. The minimum atomic E-state index is -0.396. The number of hydrogen-bond acceptors (Lipinski definition) is 5. The maximum Gasteiger partial charge on any atom is 0.337 e. The lowest BCUT2D eigenvalue weighted by atomic mass is 10.1. The number of benzene rings is 1. The van der Waals surface area contributed by atoms with Crippen LogP contribution in [0.2, 0.25) is 0 Å². The highest BCUT2D eigenvalue weighted by atomic mass is 16.5. The van der Waals surface area contributed by atoms with Gasteiger partial charge in [-0.3, -0.25) is 9.48 Å². The van der Waals surface area contributed by atoms with Crippen LogP contribution in [0, 0.1) is 0 Å². The average Bonchev–Trinajstić information content (AvgIpc) is 2.83. The number of nitrogens with two attached hydrogens (primary N) is 1. The van der Waals surface area contributed by atoms with Crippen LogP contribution in [0.25, 0.3) is 0 Å². The lowest BCUT2D eigenvalue weighted by Crippen LogP contribution is -2.24. The summed E-state index contributed by atoms with van der Waals surface area (Å²) in [6, 6.07) is 6.77. The van der Waals surface area contributed by atoms with Crippen molar-refractivity contribution in [1.29, 1.82) is 0 Å². The fourth-order valence-electron chi connectivity index (χ4n) is 1.83. The number of carbonyl (C=O) groups is 2. The van der Waals surface area contributed by atoms with Crippen molar-refractivity contribution < 1.29 is 14.3 Å². The Hall–Kier alpha value is -2.83. The second-order valence-electron chi connectivity index (χ2n) is 4.48. The molecule has 1 aromatic heterocycles. The van der Waals surface area contributed by atoms with Gasteiger partial charge in [-0.2, -0.15) is 5.10 Å². The van der Waals surface area contributed by atoms with E-state index in [-0.39, 0.29) is 11.6 Å². The Morgan fingerprint density at radius 2 is 2.00 bits per heavy atom. The molecule has 0 aliphatic carbocycles. The summed E-state index contributed by atoms with van der Waals surface area (Å²) in [6.07, 6.45) is 1.57. The molecule has 21 heavy (non-hydrogen) atoms. The van der Waals surface area contributed by atoms with Gasteiger partial charge >= 0.3 is 5.97 Å². The van der Waals surface area contributed by atoms with Crippen molar-refractivity contribution in [3.63, 3.8) is 0 Å². The number of anilines is 1. The molecule has 7 nitrogen and oxygen atoms in total. The van der Waals surface area contributed by atoms with Crippen LogP contribution in [-0.2, 0) is 18.3 Å². The molecular formula is C14H16N4O3. The number of nitrogens with zero attached hydrogens (tertiary/aromatic N) is 2. The monoisotopic (exact) mass is 288 g/mol. The Morgan fingerprint density at radius 1 is 1.33 bits per heavy atom. The topological polar surface area (TPSA) is 99.2 Å². The summed E-state index contributed by atoms with van der Waals surface area (Å²) in [5.74, 6) is -0.739. The van der Waals surface area contributed by atoms with Gasteiger partial charge in [0.05, 0.1) is 18.4 Å². The summed E-state index contributed by atoms with van der Waals surface area (Å²) in [5.41, 5.74) is 7.52. The third-order valence-electron chi connectivity index (χ3n) is 2.90. The zero-order valence-electron chi connectivity index (χ0n) is 11.8. The number of aryl methyl sites for hydroxylation is 1. The van der Waals surface area contributed by atoms with E-state index in [4.69, 9.17) is 5.73 Å². The highest BCUT2D eigenvalue weighted by Gasteiger charge is 2.13. The second kappa shape index (κ2) is 6.08. The van der Waals surface area contributed by atoms with E-state index in [9.17, 15) is 9.59 Å². The number of nitrogen functional groups attached to an aromatic ring is 1. The van der Waals surface area contributed by atoms with Crippen molar-refractivity contribution in [2.24, 2.45) is 7.05 Å². The summed E-state index contributed by atoms with van der Waals surface area (Å²) in [4.78, 5) is 23.2. The van der Waals surface area contributed by atoms with Gasteiger partial charge in [-0.25, -0.2) is 4.79 Å². The maximum atomic E-state index is 11.9. The van der Waals surface area contributed by atoms with E-state index in [0.717, 1.165) is 5.56 Å². The zero-order chi connectivity index (χ0) is 15.4. The van der Waals surface area contributed by atoms with Crippen molar-refractivity contribution in [3.8, 4) is 0 Å². The van der Waals surface area contributed by atoms with Gasteiger partial charge < -0.3 is 15.8 Å². The summed E-state index contributed by atoms with van der Waals surface area (Å²) < 4.78 is 6.10. The average molecular weight is 288 g/mol. The van der Waals surface area contributed by atoms with Crippen LogP contribution in [-0.4, -0.2) is 28.8 Å². The molecule has 0 radical (unpaired) electrons. The molecule has 0 saturated heterocycles. The van der Waals surface area contributed by atoms with E-state index in [1.807, 2.05) is 0 Å². The SMILES string of the molecule is COC(=O)c1ccc(CNC(=O)c2nn(C)cc2N)cc1. The number of carbonyl (C=O) groups excluding carboxylic acids is 2. The molecule has 0 saturated carbocycles. The molecule has 0 atom stereocenters. The summed E-state index contributed by atoms with van der Waals surface area (Å²) in [5, 5.41) is 6.71. The smallest absolute Gasteiger partial charge is 0.337 e. The Labute approximate surface area is 121 Å². The minimum Gasteiger partial charge on any atom is -0.465 e. The number of methoxy groups -OCH3 is 1. The van der Waals surface area contributed by atoms with Gasteiger partial charge in [-0.1, -0.05) is 12.1 Å². The molecule has 3 N–H and O–H groups in total. The quantitative estimate of drug-likeness (QED) is 0.808. The van der Waals surface area contributed by atoms with E-state index in [0.29, 0.717) is 17.8 Å². The fourth-order valence-corrected chi connectivity index (χ4v) is 1.83. The lowest BCUT2D eigenvalue weighted by Gasteiger charge is -2.05. The van der Waals surface area contributed by atoms with Crippen LogP contribution in [0.5, 0.6) is 0 Å². The molecule has 2 aromatic rings. The molecule has 2 rings (SSSR count). The van der Waals surface area contributed by atoms with E-state index in [2.05, 4.69) is 15.2 Å². The van der Waals surface area contributed by atoms with E-state index < -0.39 is 5.97 Å². The van der Waals surface area contributed by atoms with Crippen molar-refractivity contribution in [2.45, 2.75) is 6.54 Å². The highest BCUT2D eigenvalue weighted by Crippen LogP contribution is 2.09. The van der Waals surface area contributed by atoms with Gasteiger partial charge in [0.15, 0.2) is 5.69 Å². The molecule has 0 aliphatic heterocycles. The number of nitrogens with one attached hydrogen (secondary N) is 1. The normalized spacial score (nSPS) is 10.2. The number of amides is 1. The first-order valence-corrected chi connectivity index (χ1v) is 6.26. The molecule has 110 valence electrons. The van der Waals surface area contributed by atoms with E-state index in [1.165, 1.54) is 11.8 Å².